The fourth-order valence-corrected chi connectivity index (χ4v) is 3.25. The van der Waals surface area contributed by atoms with Gasteiger partial charge >= 0.3 is 6.03 Å². The Balaban J connectivity index is 1.60. The van der Waals surface area contributed by atoms with Crippen LogP contribution >= 0.6 is 0 Å². The molecule has 0 saturated carbocycles. The number of amidine groups is 1. The second-order valence-electron chi connectivity index (χ2n) is 7.33. The largest absolute Gasteiger partial charge is 0.383 e. The van der Waals surface area contributed by atoms with Crippen LogP contribution in [0.2, 0.25) is 0 Å². The maximum Gasteiger partial charge on any atom is 0.323 e. The minimum atomic E-state index is -1.12. The Hall–Kier alpha value is -5.26. The number of carbonyl (C=O) groups is 1. The van der Waals surface area contributed by atoms with E-state index in [-0.39, 0.29) is 22.9 Å². The highest BCUT2D eigenvalue weighted by atomic mass is 19.2. The number of amides is 2. The molecule has 2 amide bonds. The van der Waals surface area contributed by atoms with Gasteiger partial charge in [0.2, 0.25) is 0 Å². The van der Waals surface area contributed by atoms with E-state index >= 15 is 0 Å². The molecule has 0 aliphatic carbocycles. The van der Waals surface area contributed by atoms with Crippen molar-refractivity contribution in [3.63, 3.8) is 0 Å². The predicted octanol–water partition coefficient (Wildman–Crippen LogP) is 5.45. The predicted molar refractivity (Wildman–Crippen MR) is 133 cm³/mol. The van der Waals surface area contributed by atoms with Crippen LogP contribution in [0.3, 0.4) is 0 Å². The highest BCUT2D eigenvalue weighted by Crippen LogP contribution is 2.26. The summed E-state index contributed by atoms with van der Waals surface area (Å²) in [6.45, 7) is 0. The molecule has 2 aromatic heterocycles. The zero-order valence-electron chi connectivity index (χ0n) is 18.5. The monoisotopic (exact) mass is 487 g/mol. The number of rotatable bonds is 6. The molecule has 0 saturated heterocycles. The number of urea groups is 1. The molecule has 0 aliphatic rings. The van der Waals surface area contributed by atoms with Crippen molar-refractivity contribution in [2.75, 3.05) is 21.7 Å². The third-order valence-corrected chi connectivity index (χ3v) is 4.90. The molecule has 0 unspecified atom stereocenters. The molecule has 0 aliphatic heterocycles. The van der Waals surface area contributed by atoms with Crippen molar-refractivity contribution in [3.05, 3.63) is 96.5 Å². The molecule has 0 radical (unpaired) electrons. The number of carbonyl (C=O) groups excluding carboxylic acids is 1. The van der Waals surface area contributed by atoms with E-state index in [2.05, 4.69) is 36.2 Å². The molecule has 4 aromatic rings. The van der Waals surface area contributed by atoms with E-state index < -0.39 is 17.7 Å². The number of hydrogen-bond donors (Lipinski definition) is 5. The molecule has 0 fully saturated rings. The van der Waals surface area contributed by atoms with Gasteiger partial charge in [0.25, 0.3) is 0 Å². The number of hydrogen-bond acceptors (Lipinski definition) is 6. The summed E-state index contributed by atoms with van der Waals surface area (Å²) in [4.78, 5) is 20.4. The number of halogens is 2. The minimum Gasteiger partial charge on any atom is -0.383 e. The first kappa shape index (κ1) is 23.9. The van der Waals surface area contributed by atoms with Crippen LogP contribution in [-0.2, 0) is 0 Å². The molecule has 2 aromatic carbocycles. The summed E-state index contributed by atoms with van der Waals surface area (Å²) in [5.74, 6) is -2.26. The van der Waals surface area contributed by atoms with E-state index in [9.17, 15) is 13.6 Å². The van der Waals surface area contributed by atoms with Gasteiger partial charge in [0.15, 0.2) is 17.5 Å². The first-order valence-electron chi connectivity index (χ1n) is 10.4. The molecule has 0 bridgehead atoms. The summed E-state index contributed by atoms with van der Waals surface area (Å²) in [6.07, 6.45) is 4.62. The summed E-state index contributed by atoms with van der Waals surface area (Å²) >= 11 is 0. The maximum absolute atomic E-state index is 14.2. The number of nitrogens with two attached hydrogens (primary N) is 1. The fraction of sp³-hybridized carbons (Fsp3) is 0. The van der Waals surface area contributed by atoms with Gasteiger partial charge < -0.3 is 21.7 Å². The Labute approximate surface area is 203 Å². The summed E-state index contributed by atoms with van der Waals surface area (Å²) in [7, 11) is 0. The van der Waals surface area contributed by atoms with Crippen molar-refractivity contribution in [1.29, 1.82) is 5.53 Å². The summed E-state index contributed by atoms with van der Waals surface area (Å²) < 4.78 is 27.8. The number of nitrogens with one attached hydrogen (secondary N) is 4. The van der Waals surface area contributed by atoms with Crippen LogP contribution in [0.25, 0.3) is 11.1 Å². The van der Waals surface area contributed by atoms with Crippen molar-refractivity contribution in [2.45, 2.75) is 0 Å². The Bertz CT molecular complexity index is 1440. The lowest BCUT2D eigenvalue weighted by molar-refractivity contribution is 0.262. The van der Waals surface area contributed by atoms with Crippen molar-refractivity contribution >= 4 is 34.7 Å². The van der Waals surface area contributed by atoms with Gasteiger partial charge in [-0.2, -0.15) is 5.53 Å². The SMILES string of the molecule is N=N/N=C(\Nc1cccc(F)c1F)c1cc(-c2cccc(NC(=O)Nc3cccnc3)c2)cnc1N. The smallest absolute Gasteiger partial charge is 0.323 e. The highest BCUT2D eigenvalue weighted by Gasteiger charge is 2.16. The average Bonchev–Trinajstić information content (AvgIpc) is 2.87. The zero-order valence-corrected chi connectivity index (χ0v) is 18.5. The zero-order chi connectivity index (χ0) is 25.5. The number of nitrogens with zero attached hydrogens (tertiary/aromatic N) is 4. The third-order valence-electron chi connectivity index (χ3n) is 4.90. The Morgan fingerprint density at radius 3 is 2.47 bits per heavy atom. The number of nitrogen functional groups attached to an aromatic ring is 1. The van der Waals surface area contributed by atoms with Crippen molar-refractivity contribution in [2.24, 2.45) is 10.3 Å². The maximum atomic E-state index is 14.2. The molecular weight excluding hydrogens is 468 g/mol. The Morgan fingerprint density at radius 2 is 1.69 bits per heavy atom. The van der Waals surface area contributed by atoms with Crippen LogP contribution in [0.4, 0.5) is 36.5 Å². The van der Waals surface area contributed by atoms with E-state index in [1.54, 1.807) is 48.7 Å². The average molecular weight is 487 g/mol. The van der Waals surface area contributed by atoms with Crippen LogP contribution in [0.15, 0.2) is 89.6 Å². The number of benzene rings is 2. The lowest BCUT2D eigenvalue weighted by Gasteiger charge is -2.13. The van der Waals surface area contributed by atoms with Crippen molar-refractivity contribution in [3.8, 4) is 11.1 Å². The second-order valence-corrected chi connectivity index (χ2v) is 7.33. The molecule has 10 nitrogen and oxygen atoms in total. The fourth-order valence-electron chi connectivity index (χ4n) is 3.25. The van der Waals surface area contributed by atoms with Gasteiger partial charge in [0, 0.05) is 23.6 Å². The van der Waals surface area contributed by atoms with E-state index in [4.69, 9.17) is 11.3 Å². The molecule has 4 rings (SSSR count). The van der Waals surface area contributed by atoms with Crippen molar-refractivity contribution in [1.82, 2.24) is 9.97 Å². The second kappa shape index (κ2) is 10.8. The lowest BCUT2D eigenvalue weighted by Crippen LogP contribution is -2.19. The van der Waals surface area contributed by atoms with Gasteiger partial charge in [0.1, 0.15) is 5.82 Å². The molecular formula is C24H19F2N9O. The number of pyridine rings is 2. The molecule has 12 heteroatoms. The molecule has 0 spiro atoms. The Morgan fingerprint density at radius 1 is 0.917 bits per heavy atom. The molecule has 36 heavy (non-hydrogen) atoms. The topological polar surface area (TPSA) is 154 Å². The van der Waals surface area contributed by atoms with Crippen LogP contribution in [0.1, 0.15) is 5.56 Å². The van der Waals surface area contributed by atoms with E-state index in [1.165, 1.54) is 24.5 Å². The van der Waals surface area contributed by atoms with E-state index in [0.717, 1.165) is 6.07 Å². The number of anilines is 4. The summed E-state index contributed by atoms with van der Waals surface area (Å²) in [5, 5.41) is 14.7. The van der Waals surface area contributed by atoms with Gasteiger partial charge in [-0.3, -0.25) is 4.98 Å². The normalized spacial score (nSPS) is 11.0. The van der Waals surface area contributed by atoms with E-state index in [1.807, 2.05) is 0 Å². The standard InChI is InChI=1S/C24H19F2N9O/c25-19-7-2-8-20(21(19)26)33-23(34-35-28)18-11-15(12-30-22(18)27)14-4-1-5-16(10-14)31-24(36)32-17-6-3-9-29-13-17/h1-13H,(H2,27,30)(H2,28,33,34)(H2,31,32,36). The van der Waals surface area contributed by atoms with Gasteiger partial charge in [-0.05, 0) is 48.0 Å². The van der Waals surface area contributed by atoms with Gasteiger partial charge in [0.05, 0.1) is 23.1 Å². The van der Waals surface area contributed by atoms with Crippen LogP contribution in [0.5, 0.6) is 0 Å². The van der Waals surface area contributed by atoms with Crippen LogP contribution in [-0.4, -0.2) is 21.8 Å². The summed E-state index contributed by atoms with van der Waals surface area (Å²) in [6, 6.07) is 15.1. The number of aromatic nitrogens is 2. The van der Waals surface area contributed by atoms with Gasteiger partial charge in [-0.25, -0.2) is 18.6 Å². The molecule has 0 atom stereocenters. The Kier molecular flexibility index (Phi) is 7.15. The lowest BCUT2D eigenvalue weighted by atomic mass is 10.0. The molecule has 2 heterocycles. The van der Waals surface area contributed by atoms with Crippen LogP contribution < -0.4 is 21.7 Å². The van der Waals surface area contributed by atoms with Gasteiger partial charge in [-0.1, -0.05) is 23.4 Å². The molecule has 6 N–H and O–H groups in total. The summed E-state index contributed by atoms with van der Waals surface area (Å²) in [5.41, 5.74) is 15.4. The van der Waals surface area contributed by atoms with Gasteiger partial charge in [-0.15, -0.1) is 5.10 Å². The highest BCUT2D eigenvalue weighted by molar-refractivity contribution is 6.11. The molecule has 180 valence electrons. The first-order chi connectivity index (χ1) is 17.4. The van der Waals surface area contributed by atoms with Crippen LogP contribution in [0, 0.1) is 17.2 Å². The first-order valence-corrected chi connectivity index (χ1v) is 10.4. The van der Waals surface area contributed by atoms with Crippen molar-refractivity contribution < 1.29 is 13.6 Å². The van der Waals surface area contributed by atoms with E-state index in [0.29, 0.717) is 22.5 Å². The third kappa shape index (κ3) is 5.62. The quantitative estimate of drug-likeness (QED) is 0.106. The minimum absolute atomic E-state index is 0.0237.